The summed E-state index contributed by atoms with van der Waals surface area (Å²) in [6.07, 6.45) is 4.38. The van der Waals surface area contributed by atoms with Gasteiger partial charge in [0.2, 0.25) is 0 Å². The monoisotopic (exact) mass is 437 g/mol. The van der Waals surface area contributed by atoms with E-state index in [-0.39, 0.29) is 21.8 Å². The molecule has 2 aromatic carbocycles. The largest absolute Gasteiger partial charge is 0.274 e. The summed E-state index contributed by atoms with van der Waals surface area (Å²) >= 11 is 0. The number of rotatable bonds is 5. The lowest BCUT2D eigenvalue weighted by Gasteiger charge is -2.09. The van der Waals surface area contributed by atoms with E-state index in [1.165, 1.54) is 53.6 Å². The lowest BCUT2D eigenvalue weighted by atomic mass is 10.1. The highest BCUT2D eigenvalue weighted by Crippen LogP contribution is 2.26. The first kappa shape index (κ1) is 20.2. The fourth-order valence-electron chi connectivity index (χ4n) is 3.17. The topological polar surface area (TPSA) is 137 Å². The van der Waals surface area contributed by atoms with Crippen LogP contribution < -0.4 is 4.72 Å². The maximum absolute atomic E-state index is 12.9. The van der Waals surface area contributed by atoms with Gasteiger partial charge in [0.25, 0.3) is 21.6 Å². The van der Waals surface area contributed by atoms with E-state index in [9.17, 15) is 23.3 Å². The van der Waals surface area contributed by atoms with Crippen molar-refractivity contribution in [2.24, 2.45) is 7.05 Å². The molecule has 0 radical (unpaired) electrons. The van der Waals surface area contributed by atoms with Gasteiger partial charge in [-0.1, -0.05) is 12.1 Å². The molecule has 156 valence electrons. The van der Waals surface area contributed by atoms with Crippen LogP contribution >= 0.6 is 0 Å². The molecule has 0 aliphatic heterocycles. The summed E-state index contributed by atoms with van der Waals surface area (Å²) in [6.45, 7) is 0. The molecule has 0 fully saturated rings. The number of nitrogens with zero attached hydrogens (tertiary/aromatic N) is 4. The van der Waals surface area contributed by atoms with Crippen LogP contribution in [0.15, 0.2) is 72.0 Å². The molecule has 0 aliphatic rings. The first-order chi connectivity index (χ1) is 14.8. The molecule has 0 atom stereocenters. The lowest BCUT2D eigenvalue weighted by Crippen LogP contribution is -2.30. The van der Waals surface area contributed by atoms with E-state index < -0.39 is 20.9 Å². The Labute approximate surface area is 176 Å². The van der Waals surface area contributed by atoms with E-state index >= 15 is 0 Å². The highest BCUT2D eigenvalue weighted by molar-refractivity contribution is 7.90. The molecule has 4 rings (SSSR count). The van der Waals surface area contributed by atoms with Gasteiger partial charge in [-0.3, -0.25) is 24.6 Å². The molecule has 2 aromatic heterocycles. The van der Waals surface area contributed by atoms with Gasteiger partial charge in [0.05, 0.1) is 15.4 Å². The number of carbonyl (C=O) groups excluding carboxylic acids is 1. The zero-order chi connectivity index (χ0) is 22.2. The normalized spacial score (nSPS) is 11.4. The van der Waals surface area contributed by atoms with Crippen molar-refractivity contribution in [1.29, 1.82) is 0 Å². The summed E-state index contributed by atoms with van der Waals surface area (Å²) in [5, 5.41) is 16.1. The standard InChI is InChI=1S/C20H15N5O5S/c1-24-12-17(19(22-24)13-5-7-15(8-6-13)25(27)28)20(26)23-31(29,30)18-4-2-3-14-11-21-10-9-16(14)18/h2-12H,1H3,(H,23,26). The van der Waals surface area contributed by atoms with E-state index in [1.54, 1.807) is 25.2 Å². The molecule has 0 saturated carbocycles. The van der Waals surface area contributed by atoms with Crippen LogP contribution in [0.1, 0.15) is 10.4 Å². The average Bonchev–Trinajstić information content (AvgIpc) is 3.15. The summed E-state index contributed by atoms with van der Waals surface area (Å²) in [6, 6.07) is 11.7. The van der Waals surface area contributed by atoms with Crippen molar-refractivity contribution in [2.75, 3.05) is 0 Å². The fourth-order valence-corrected chi connectivity index (χ4v) is 4.37. The van der Waals surface area contributed by atoms with Gasteiger partial charge in [0.15, 0.2) is 0 Å². The van der Waals surface area contributed by atoms with Crippen LogP contribution in [0.25, 0.3) is 22.0 Å². The molecule has 2 heterocycles. The number of carbonyl (C=O) groups is 1. The van der Waals surface area contributed by atoms with Crippen LogP contribution in [0.2, 0.25) is 0 Å². The van der Waals surface area contributed by atoms with E-state index in [1.807, 2.05) is 0 Å². The van der Waals surface area contributed by atoms with Gasteiger partial charge in [0.1, 0.15) is 5.69 Å². The minimum absolute atomic E-state index is 0.0156. The molecule has 0 aliphatic carbocycles. The minimum atomic E-state index is -4.20. The van der Waals surface area contributed by atoms with Crippen molar-refractivity contribution in [3.05, 3.63) is 82.8 Å². The Balaban J connectivity index is 1.70. The summed E-state index contributed by atoms with van der Waals surface area (Å²) in [5.41, 5.74) is 0.540. The van der Waals surface area contributed by atoms with Crippen LogP contribution in [0, 0.1) is 10.1 Å². The SMILES string of the molecule is Cn1cc(C(=O)NS(=O)(=O)c2cccc3cnccc23)c(-c2ccc([N+](=O)[O-])cc2)n1. The molecule has 0 bridgehead atoms. The van der Waals surface area contributed by atoms with Crippen molar-refractivity contribution in [3.63, 3.8) is 0 Å². The third-order valence-electron chi connectivity index (χ3n) is 4.58. The Bertz CT molecular complexity index is 1420. The smallest absolute Gasteiger partial charge is 0.269 e. The molecular formula is C20H15N5O5S. The van der Waals surface area contributed by atoms with Gasteiger partial charge in [-0.2, -0.15) is 5.10 Å². The summed E-state index contributed by atoms with van der Waals surface area (Å²) in [5.74, 6) is -0.868. The number of sulfonamides is 1. The van der Waals surface area contributed by atoms with Crippen molar-refractivity contribution in [1.82, 2.24) is 19.5 Å². The van der Waals surface area contributed by atoms with Crippen LogP contribution in [0.3, 0.4) is 0 Å². The second-order valence-electron chi connectivity index (χ2n) is 6.66. The number of nitro benzene ring substituents is 1. The van der Waals surface area contributed by atoms with Crippen LogP contribution in [0.4, 0.5) is 5.69 Å². The summed E-state index contributed by atoms with van der Waals surface area (Å²) in [4.78, 5) is 27.1. The van der Waals surface area contributed by atoms with Crippen LogP contribution in [-0.2, 0) is 17.1 Å². The number of benzene rings is 2. The predicted molar refractivity (Wildman–Crippen MR) is 112 cm³/mol. The maximum atomic E-state index is 12.9. The van der Waals surface area contributed by atoms with Crippen LogP contribution in [-0.4, -0.2) is 34.0 Å². The molecular weight excluding hydrogens is 422 g/mol. The summed E-state index contributed by atoms with van der Waals surface area (Å²) < 4.78 is 29.3. The van der Waals surface area contributed by atoms with Gasteiger partial charge < -0.3 is 0 Å². The van der Waals surface area contributed by atoms with Gasteiger partial charge >= 0.3 is 0 Å². The van der Waals surface area contributed by atoms with E-state index in [2.05, 4.69) is 14.8 Å². The molecule has 0 unspecified atom stereocenters. The number of fused-ring (bicyclic) bond motifs is 1. The van der Waals surface area contributed by atoms with Gasteiger partial charge in [-0.25, -0.2) is 13.1 Å². The summed E-state index contributed by atoms with van der Waals surface area (Å²) in [7, 11) is -2.61. The lowest BCUT2D eigenvalue weighted by molar-refractivity contribution is -0.384. The van der Waals surface area contributed by atoms with Gasteiger partial charge in [-0.15, -0.1) is 0 Å². The Kier molecular flexibility index (Phi) is 4.95. The van der Waals surface area contributed by atoms with E-state index in [4.69, 9.17) is 0 Å². The number of hydrogen-bond donors (Lipinski definition) is 1. The van der Waals surface area contributed by atoms with E-state index in [0.29, 0.717) is 16.3 Å². The van der Waals surface area contributed by atoms with Crippen molar-refractivity contribution < 1.29 is 18.1 Å². The second kappa shape index (κ2) is 7.61. The van der Waals surface area contributed by atoms with Gasteiger partial charge in [-0.05, 0) is 24.3 Å². The predicted octanol–water partition coefficient (Wildman–Crippen LogP) is 2.66. The Morgan fingerprint density at radius 3 is 2.58 bits per heavy atom. The quantitative estimate of drug-likeness (QED) is 0.374. The molecule has 4 aromatic rings. The second-order valence-corrected chi connectivity index (χ2v) is 8.31. The zero-order valence-corrected chi connectivity index (χ0v) is 16.9. The molecule has 1 N–H and O–H groups in total. The zero-order valence-electron chi connectivity index (χ0n) is 16.1. The molecule has 11 heteroatoms. The third kappa shape index (κ3) is 3.85. The Hall–Kier alpha value is -4.12. The fraction of sp³-hybridized carbons (Fsp3) is 0.0500. The Morgan fingerprint density at radius 1 is 1.13 bits per heavy atom. The minimum Gasteiger partial charge on any atom is -0.274 e. The van der Waals surface area contributed by atoms with Crippen molar-refractivity contribution in [2.45, 2.75) is 4.90 Å². The number of aryl methyl sites for hydroxylation is 1. The maximum Gasteiger partial charge on any atom is 0.269 e. The molecule has 10 nitrogen and oxygen atoms in total. The first-order valence-corrected chi connectivity index (χ1v) is 10.4. The molecule has 0 spiro atoms. The van der Waals surface area contributed by atoms with E-state index in [0.717, 1.165) is 0 Å². The number of hydrogen-bond acceptors (Lipinski definition) is 7. The first-order valence-electron chi connectivity index (χ1n) is 8.94. The molecule has 0 saturated heterocycles. The number of aromatic nitrogens is 3. The average molecular weight is 437 g/mol. The number of non-ortho nitro benzene ring substituents is 1. The van der Waals surface area contributed by atoms with Crippen LogP contribution in [0.5, 0.6) is 0 Å². The highest BCUT2D eigenvalue weighted by Gasteiger charge is 2.25. The number of nitro groups is 1. The van der Waals surface area contributed by atoms with Crippen molar-refractivity contribution in [3.8, 4) is 11.3 Å². The number of amides is 1. The highest BCUT2D eigenvalue weighted by atomic mass is 32.2. The Morgan fingerprint density at radius 2 is 1.87 bits per heavy atom. The third-order valence-corrected chi connectivity index (χ3v) is 5.97. The number of nitrogens with one attached hydrogen (secondary N) is 1. The number of pyridine rings is 1. The van der Waals surface area contributed by atoms with Crippen molar-refractivity contribution >= 4 is 32.4 Å². The van der Waals surface area contributed by atoms with Gasteiger partial charge in [0, 0.05) is 54.1 Å². The molecule has 1 amide bonds. The molecule has 31 heavy (non-hydrogen) atoms.